The predicted octanol–water partition coefficient (Wildman–Crippen LogP) is 2.55. The number of anilines is 1. The van der Waals surface area contributed by atoms with Gasteiger partial charge in [-0.1, -0.05) is 5.21 Å². The van der Waals surface area contributed by atoms with Crippen molar-refractivity contribution in [2.24, 2.45) is 0 Å². The minimum atomic E-state index is -0.596. The van der Waals surface area contributed by atoms with E-state index in [2.05, 4.69) is 20.9 Å². The number of benzene rings is 1. The van der Waals surface area contributed by atoms with Crippen LogP contribution >= 0.6 is 11.3 Å². The molecule has 0 saturated heterocycles. The van der Waals surface area contributed by atoms with E-state index in [4.69, 9.17) is 0 Å². The van der Waals surface area contributed by atoms with Crippen LogP contribution in [0.3, 0.4) is 0 Å². The number of carbonyl (C=O) groups is 2. The lowest BCUT2D eigenvalue weighted by atomic mass is 10.1. The van der Waals surface area contributed by atoms with Crippen molar-refractivity contribution in [3.8, 4) is 0 Å². The van der Waals surface area contributed by atoms with Crippen LogP contribution in [0.5, 0.6) is 0 Å². The Morgan fingerprint density at radius 1 is 1.19 bits per heavy atom. The van der Waals surface area contributed by atoms with Crippen LogP contribution in [0.4, 0.5) is 10.1 Å². The molecule has 2 amide bonds. The van der Waals surface area contributed by atoms with E-state index in [9.17, 15) is 14.0 Å². The number of nitrogens with one attached hydrogen (secondary N) is 2. The number of hydrogen-bond donors (Lipinski definition) is 2. The lowest BCUT2D eigenvalue weighted by Gasteiger charge is -2.09. The summed E-state index contributed by atoms with van der Waals surface area (Å²) in [5, 5.41) is 16.3. The number of amides is 2. The van der Waals surface area contributed by atoms with E-state index in [0.29, 0.717) is 25.1 Å². The molecular weight excluding hydrogens is 357 g/mol. The summed E-state index contributed by atoms with van der Waals surface area (Å²) in [6, 6.07) is 5.42. The van der Waals surface area contributed by atoms with E-state index in [-0.39, 0.29) is 17.2 Å². The normalized spacial score (nSPS) is 10.5. The molecular formula is C17H16FN5O2S. The third-order valence-electron chi connectivity index (χ3n) is 3.52. The maximum Gasteiger partial charge on any atom is 0.256 e. The van der Waals surface area contributed by atoms with Gasteiger partial charge in [0.15, 0.2) is 0 Å². The molecule has 1 aromatic carbocycles. The molecule has 0 unspecified atom stereocenters. The fourth-order valence-corrected chi connectivity index (χ4v) is 2.92. The summed E-state index contributed by atoms with van der Waals surface area (Å²) in [5.41, 5.74) is 0.860. The standard InChI is InChI=1S/C17H16FN5O2S/c18-14-8-13(16(24)19-3-1-5-23-6-4-20-22-23)9-15(10-14)21-17(25)12-2-7-26-11-12/h2,4,6-11H,1,3,5H2,(H,19,24)(H,21,25). The van der Waals surface area contributed by atoms with Crippen molar-refractivity contribution in [3.05, 3.63) is 64.4 Å². The molecule has 0 atom stereocenters. The summed E-state index contributed by atoms with van der Waals surface area (Å²) in [4.78, 5) is 24.3. The predicted molar refractivity (Wildman–Crippen MR) is 95.6 cm³/mol. The Bertz CT molecular complexity index is 881. The fourth-order valence-electron chi connectivity index (χ4n) is 2.29. The Hall–Kier alpha value is -3.07. The van der Waals surface area contributed by atoms with Crippen molar-refractivity contribution in [3.63, 3.8) is 0 Å². The highest BCUT2D eigenvalue weighted by Gasteiger charge is 2.12. The quantitative estimate of drug-likeness (QED) is 0.623. The number of thiophene rings is 1. The van der Waals surface area contributed by atoms with Gasteiger partial charge in [0.05, 0.1) is 11.8 Å². The summed E-state index contributed by atoms with van der Waals surface area (Å²) in [6.07, 6.45) is 3.97. The molecule has 2 N–H and O–H groups in total. The maximum absolute atomic E-state index is 13.8. The maximum atomic E-state index is 13.8. The molecule has 26 heavy (non-hydrogen) atoms. The van der Waals surface area contributed by atoms with Crippen LogP contribution in [0.1, 0.15) is 27.1 Å². The van der Waals surface area contributed by atoms with Crippen molar-refractivity contribution in [2.45, 2.75) is 13.0 Å². The molecule has 7 nitrogen and oxygen atoms in total. The minimum Gasteiger partial charge on any atom is -0.352 e. The first kappa shape index (κ1) is 17.7. The molecule has 0 aliphatic heterocycles. The highest BCUT2D eigenvalue weighted by atomic mass is 32.1. The number of aromatic nitrogens is 3. The number of hydrogen-bond acceptors (Lipinski definition) is 5. The number of nitrogens with zero attached hydrogens (tertiary/aromatic N) is 3. The van der Waals surface area contributed by atoms with E-state index in [1.165, 1.54) is 23.5 Å². The van der Waals surface area contributed by atoms with E-state index in [1.807, 2.05) is 0 Å². The number of aryl methyl sites for hydroxylation is 1. The molecule has 0 saturated carbocycles. The Morgan fingerprint density at radius 3 is 2.81 bits per heavy atom. The molecule has 2 heterocycles. The third kappa shape index (κ3) is 4.73. The zero-order chi connectivity index (χ0) is 18.4. The Balaban J connectivity index is 1.57. The van der Waals surface area contributed by atoms with Crippen molar-refractivity contribution >= 4 is 28.8 Å². The summed E-state index contributed by atoms with van der Waals surface area (Å²) < 4.78 is 15.5. The first-order chi connectivity index (χ1) is 12.6. The van der Waals surface area contributed by atoms with Crippen LogP contribution in [-0.2, 0) is 6.54 Å². The van der Waals surface area contributed by atoms with E-state index >= 15 is 0 Å². The lowest BCUT2D eigenvalue weighted by Crippen LogP contribution is -2.25. The van der Waals surface area contributed by atoms with Gasteiger partial charge in [-0.15, -0.1) is 5.10 Å². The van der Waals surface area contributed by atoms with Gasteiger partial charge in [-0.2, -0.15) is 11.3 Å². The number of rotatable bonds is 7. The first-order valence-electron chi connectivity index (χ1n) is 7.88. The van der Waals surface area contributed by atoms with Gasteiger partial charge in [-0.25, -0.2) is 4.39 Å². The lowest BCUT2D eigenvalue weighted by molar-refractivity contribution is 0.0950. The summed E-state index contributed by atoms with van der Waals surface area (Å²) in [7, 11) is 0. The third-order valence-corrected chi connectivity index (χ3v) is 4.21. The highest BCUT2D eigenvalue weighted by molar-refractivity contribution is 7.08. The van der Waals surface area contributed by atoms with Crippen LogP contribution in [0.15, 0.2) is 47.4 Å². The smallest absolute Gasteiger partial charge is 0.256 e. The number of halogens is 1. The van der Waals surface area contributed by atoms with Gasteiger partial charge >= 0.3 is 0 Å². The van der Waals surface area contributed by atoms with E-state index < -0.39 is 11.7 Å². The van der Waals surface area contributed by atoms with Crippen LogP contribution < -0.4 is 10.6 Å². The highest BCUT2D eigenvalue weighted by Crippen LogP contribution is 2.16. The van der Waals surface area contributed by atoms with Gasteiger partial charge in [-0.05, 0) is 36.1 Å². The van der Waals surface area contributed by atoms with Crippen molar-refractivity contribution in [1.29, 1.82) is 0 Å². The van der Waals surface area contributed by atoms with Crippen LogP contribution in [0, 0.1) is 5.82 Å². The average Bonchev–Trinajstić information content (AvgIpc) is 3.31. The molecule has 0 radical (unpaired) electrons. The average molecular weight is 373 g/mol. The molecule has 3 rings (SSSR count). The second-order valence-electron chi connectivity index (χ2n) is 5.47. The summed E-state index contributed by atoms with van der Waals surface area (Å²) in [5.74, 6) is -1.36. The fraction of sp³-hybridized carbons (Fsp3) is 0.176. The Kier molecular flexibility index (Phi) is 5.69. The Morgan fingerprint density at radius 2 is 2.08 bits per heavy atom. The monoisotopic (exact) mass is 373 g/mol. The molecule has 2 aromatic heterocycles. The molecule has 0 spiro atoms. The molecule has 0 bridgehead atoms. The van der Waals surface area contributed by atoms with Crippen molar-refractivity contribution in [1.82, 2.24) is 20.3 Å². The van der Waals surface area contributed by atoms with Crippen molar-refractivity contribution < 1.29 is 14.0 Å². The van der Waals surface area contributed by atoms with Crippen LogP contribution in [0.25, 0.3) is 0 Å². The molecule has 9 heteroatoms. The van der Waals surface area contributed by atoms with Gasteiger partial charge in [-0.3, -0.25) is 14.3 Å². The topological polar surface area (TPSA) is 88.9 Å². The molecule has 3 aromatic rings. The first-order valence-corrected chi connectivity index (χ1v) is 8.82. The summed E-state index contributed by atoms with van der Waals surface area (Å²) >= 11 is 1.39. The van der Waals surface area contributed by atoms with Gasteiger partial charge in [0.25, 0.3) is 11.8 Å². The van der Waals surface area contributed by atoms with Crippen LogP contribution in [-0.4, -0.2) is 33.4 Å². The Labute approximate surface area is 152 Å². The number of carbonyl (C=O) groups excluding carboxylic acids is 2. The van der Waals surface area contributed by atoms with Crippen LogP contribution in [0.2, 0.25) is 0 Å². The van der Waals surface area contributed by atoms with Gasteiger partial charge in [0.1, 0.15) is 5.82 Å². The van der Waals surface area contributed by atoms with E-state index in [1.54, 1.807) is 33.9 Å². The van der Waals surface area contributed by atoms with Gasteiger partial charge < -0.3 is 10.6 Å². The zero-order valence-electron chi connectivity index (χ0n) is 13.7. The second kappa shape index (κ2) is 8.34. The zero-order valence-corrected chi connectivity index (χ0v) is 14.5. The second-order valence-corrected chi connectivity index (χ2v) is 6.25. The molecule has 0 aliphatic rings. The summed E-state index contributed by atoms with van der Waals surface area (Å²) in [6.45, 7) is 1.02. The SMILES string of the molecule is O=C(NCCCn1ccnn1)c1cc(F)cc(NC(=O)c2ccsc2)c1. The minimum absolute atomic E-state index is 0.145. The van der Waals surface area contributed by atoms with Gasteiger partial charge in [0, 0.05) is 35.9 Å². The van der Waals surface area contributed by atoms with Gasteiger partial charge in [0.2, 0.25) is 0 Å². The molecule has 0 fully saturated rings. The molecule has 0 aliphatic carbocycles. The van der Waals surface area contributed by atoms with E-state index in [0.717, 1.165) is 6.07 Å². The largest absolute Gasteiger partial charge is 0.352 e. The molecule has 134 valence electrons. The van der Waals surface area contributed by atoms with Crippen molar-refractivity contribution in [2.75, 3.05) is 11.9 Å².